The molecule has 8 heteroatoms. The summed E-state index contributed by atoms with van der Waals surface area (Å²) in [5.74, 6) is 1.03. The molecule has 0 aliphatic heterocycles. The molecule has 0 fully saturated rings. The van der Waals surface area contributed by atoms with E-state index in [2.05, 4.69) is 20.4 Å². The number of benzene rings is 1. The minimum Gasteiger partial charge on any atom is -0.459 e. The van der Waals surface area contributed by atoms with Crippen molar-refractivity contribution in [3.05, 3.63) is 66.5 Å². The van der Waals surface area contributed by atoms with E-state index in [1.165, 1.54) is 12.5 Å². The molecule has 3 heterocycles. The van der Waals surface area contributed by atoms with Crippen LogP contribution >= 0.6 is 0 Å². The van der Waals surface area contributed by atoms with Gasteiger partial charge in [-0.15, -0.1) is 0 Å². The summed E-state index contributed by atoms with van der Waals surface area (Å²) in [4.78, 5) is 20.5. The number of aromatic nitrogens is 3. The van der Waals surface area contributed by atoms with Gasteiger partial charge in [0.05, 0.1) is 12.8 Å². The van der Waals surface area contributed by atoms with E-state index in [0.29, 0.717) is 17.5 Å². The van der Waals surface area contributed by atoms with Crippen molar-refractivity contribution in [2.75, 3.05) is 0 Å². The van der Waals surface area contributed by atoms with E-state index in [4.69, 9.17) is 13.4 Å². The van der Waals surface area contributed by atoms with Crippen LogP contribution < -0.4 is 5.32 Å². The van der Waals surface area contributed by atoms with E-state index in [1.807, 2.05) is 30.3 Å². The van der Waals surface area contributed by atoms with Crippen LogP contribution in [-0.4, -0.2) is 21.0 Å². The summed E-state index contributed by atoms with van der Waals surface area (Å²) in [6.45, 7) is 0.0938. The van der Waals surface area contributed by atoms with Crippen LogP contribution in [0.2, 0.25) is 0 Å². The van der Waals surface area contributed by atoms with Gasteiger partial charge in [0.1, 0.15) is 6.26 Å². The average Bonchev–Trinajstić information content (AvgIpc) is 3.41. The first kappa shape index (κ1) is 14.9. The number of rotatable bonds is 5. The maximum absolute atomic E-state index is 12.2. The van der Waals surface area contributed by atoms with Crippen molar-refractivity contribution >= 4 is 5.91 Å². The number of furan rings is 1. The lowest BCUT2D eigenvalue weighted by Gasteiger charge is -1.97. The number of amides is 1. The monoisotopic (exact) mass is 336 g/mol. The van der Waals surface area contributed by atoms with E-state index < -0.39 is 5.91 Å². The fraction of sp³-hybridized carbons (Fsp3) is 0.0588. The Bertz CT molecular complexity index is 973. The van der Waals surface area contributed by atoms with Gasteiger partial charge in [0.2, 0.25) is 5.89 Å². The number of carbonyl (C=O) groups is 1. The Morgan fingerprint density at radius 3 is 2.68 bits per heavy atom. The predicted octanol–water partition coefficient (Wildman–Crippen LogP) is 2.91. The second-order valence-electron chi connectivity index (χ2n) is 5.08. The summed E-state index contributed by atoms with van der Waals surface area (Å²) >= 11 is 0. The lowest BCUT2D eigenvalue weighted by Crippen LogP contribution is -2.23. The fourth-order valence-electron chi connectivity index (χ4n) is 2.17. The lowest BCUT2D eigenvalue weighted by atomic mass is 10.2. The van der Waals surface area contributed by atoms with Gasteiger partial charge in [-0.25, -0.2) is 4.98 Å². The van der Waals surface area contributed by atoms with Gasteiger partial charge in [-0.1, -0.05) is 23.4 Å². The third-order valence-electron chi connectivity index (χ3n) is 3.36. The summed E-state index contributed by atoms with van der Waals surface area (Å²) in [7, 11) is 0. The highest BCUT2D eigenvalue weighted by Crippen LogP contribution is 2.18. The van der Waals surface area contributed by atoms with Gasteiger partial charge in [0.25, 0.3) is 11.8 Å². The molecule has 1 aromatic carbocycles. The summed E-state index contributed by atoms with van der Waals surface area (Å²) in [6, 6.07) is 12.7. The molecule has 3 aromatic heterocycles. The minimum atomic E-state index is -0.393. The second-order valence-corrected chi connectivity index (χ2v) is 5.08. The summed E-state index contributed by atoms with van der Waals surface area (Å²) in [5, 5.41) is 6.45. The molecule has 25 heavy (non-hydrogen) atoms. The normalized spacial score (nSPS) is 10.7. The molecule has 0 saturated carbocycles. The number of carbonyl (C=O) groups excluding carboxylic acids is 1. The van der Waals surface area contributed by atoms with Crippen LogP contribution in [0, 0.1) is 0 Å². The van der Waals surface area contributed by atoms with E-state index in [1.54, 1.807) is 12.1 Å². The molecule has 0 aliphatic rings. The fourth-order valence-corrected chi connectivity index (χ4v) is 2.17. The highest BCUT2D eigenvalue weighted by molar-refractivity contribution is 5.92. The van der Waals surface area contributed by atoms with Gasteiger partial charge in [-0.2, -0.15) is 4.98 Å². The van der Waals surface area contributed by atoms with Gasteiger partial charge in [-0.05, 0) is 24.3 Å². The molecular weight excluding hydrogens is 324 g/mol. The highest BCUT2D eigenvalue weighted by Gasteiger charge is 2.15. The molecule has 4 rings (SSSR count). The molecule has 0 bridgehead atoms. The predicted molar refractivity (Wildman–Crippen MR) is 85.1 cm³/mol. The van der Waals surface area contributed by atoms with Gasteiger partial charge < -0.3 is 18.7 Å². The Kier molecular flexibility index (Phi) is 3.83. The smallest absolute Gasteiger partial charge is 0.293 e. The molecule has 0 radical (unpaired) electrons. The summed E-state index contributed by atoms with van der Waals surface area (Å²) in [5.41, 5.74) is 0.969. The number of nitrogens with zero attached hydrogens (tertiary/aromatic N) is 3. The summed E-state index contributed by atoms with van der Waals surface area (Å²) < 4.78 is 15.6. The van der Waals surface area contributed by atoms with Crippen LogP contribution in [0.5, 0.6) is 0 Å². The van der Waals surface area contributed by atoms with Crippen molar-refractivity contribution in [3.63, 3.8) is 0 Å². The molecule has 0 spiro atoms. The van der Waals surface area contributed by atoms with Crippen molar-refractivity contribution in [2.24, 2.45) is 0 Å². The Morgan fingerprint density at radius 1 is 1.00 bits per heavy atom. The Labute approximate surface area is 141 Å². The average molecular weight is 336 g/mol. The highest BCUT2D eigenvalue weighted by atomic mass is 16.5. The van der Waals surface area contributed by atoms with Crippen molar-refractivity contribution in [2.45, 2.75) is 6.54 Å². The molecule has 1 amide bonds. The quantitative estimate of drug-likeness (QED) is 0.597. The maximum atomic E-state index is 12.2. The zero-order valence-corrected chi connectivity index (χ0v) is 12.9. The first-order valence-corrected chi connectivity index (χ1v) is 7.45. The minimum absolute atomic E-state index is 0.0938. The van der Waals surface area contributed by atoms with E-state index in [0.717, 1.165) is 5.56 Å². The van der Waals surface area contributed by atoms with E-state index in [-0.39, 0.29) is 18.1 Å². The van der Waals surface area contributed by atoms with Crippen LogP contribution in [0.1, 0.15) is 16.3 Å². The topological polar surface area (TPSA) is 107 Å². The van der Waals surface area contributed by atoms with Crippen molar-refractivity contribution in [1.29, 1.82) is 0 Å². The number of hydrogen-bond acceptors (Lipinski definition) is 7. The molecular formula is C17H12N4O4. The van der Waals surface area contributed by atoms with Crippen molar-refractivity contribution in [1.82, 2.24) is 20.4 Å². The molecule has 0 saturated heterocycles. The maximum Gasteiger partial charge on any atom is 0.293 e. The summed E-state index contributed by atoms with van der Waals surface area (Å²) in [6.07, 6.45) is 2.82. The standard InChI is InChI=1S/C17H12N4O4/c22-15(12-10-24-16(19-12)11-5-2-1-3-6-11)18-9-14-20-17(25-21-14)13-7-4-8-23-13/h1-8,10H,9H2,(H,18,22). The number of hydrogen-bond donors (Lipinski definition) is 1. The van der Waals surface area contributed by atoms with Crippen molar-refractivity contribution in [3.8, 4) is 23.1 Å². The zero-order chi connectivity index (χ0) is 17.1. The molecule has 0 aliphatic carbocycles. The van der Waals surface area contributed by atoms with Crippen LogP contribution in [-0.2, 0) is 6.54 Å². The van der Waals surface area contributed by atoms with Crippen LogP contribution in [0.25, 0.3) is 23.1 Å². The molecule has 1 N–H and O–H groups in total. The van der Waals surface area contributed by atoms with Crippen LogP contribution in [0.3, 0.4) is 0 Å². The van der Waals surface area contributed by atoms with Crippen LogP contribution in [0.4, 0.5) is 0 Å². The molecule has 0 unspecified atom stereocenters. The molecule has 0 atom stereocenters. The SMILES string of the molecule is O=C(NCc1noc(-c2ccco2)n1)c1coc(-c2ccccc2)n1. The third-order valence-corrected chi connectivity index (χ3v) is 3.36. The van der Waals surface area contributed by atoms with E-state index in [9.17, 15) is 4.79 Å². The van der Waals surface area contributed by atoms with Gasteiger partial charge in [0, 0.05) is 5.56 Å². The lowest BCUT2D eigenvalue weighted by molar-refractivity contribution is 0.0944. The number of oxazole rings is 1. The first-order valence-electron chi connectivity index (χ1n) is 7.45. The Morgan fingerprint density at radius 2 is 1.88 bits per heavy atom. The molecule has 8 nitrogen and oxygen atoms in total. The van der Waals surface area contributed by atoms with Crippen molar-refractivity contribution < 1.29 is 18.2 Å². The molecule has 124 valence electrons. The number of nitrogens with one attached hydrogen (secondary N) is 1. The van der Waals surface area contributed by atoms with Gasteiger partial charge in [0.15, 0.2) is 17.3 Å². The first-order chi connectivity index (χ1) is 12.3. The molecule has 4 aromatic rings. The van der Waals surface area contributed by atoms with E-state index >= 15 is 0 Å². The van der Waals surface area contributed by atoms with Crippen LogP contribution in [0.15, 0.2) is 68.3 Å². The largest absolute Gasteiger partial charge is 0.459 e. The second kappa shape index (κ2) is 6.44. The Balaban J connectivity index is 1.40. The Hall–Kier alpha value is -3.68. The third kappa shape index (κ3) is 3.18. The van der Waals surface area contributed by atoms with Gasteiger partial charge >= 0.3 is 0 Å². The van der Waals surface area contributed by atoms with Gasteiger partial charge in [-0.3, -0.25) is 4.79 Å². The zero-order valence-electron chi connectivity index (χ0n) is 12.9.